The molecule has 9 heteroatoms. The van der Waals surface area contributed by atoms with Gasteiger partial charge in [0.05, 0.1) is 9.82 Å². The minimum Gasteiger partial charge on any atom is -0.349 e. The van der Waals surface area contributed by atoms with Crippen LogP contribution < -0.4 is 4.72 Å². The van der Waals surface area contributed by atoms with Crippen LogP contribution in [0.25, 0.3) is 12.2 Å². The van der Waals surface area contributed by atoms with Crippen LogP contribution in [0.3, 0.4) is 0 Å². The van der Waals surface area contributed by atoms with Crippen molar-refractivity contribution in [2.75, 3.05) is 4.72 Å². The van der Waals surface area contributed by atoms with Crippen molar-refractivity contribution in [3.8, 4) is 0 Å². The number of nitro groups is 1. The third kappa shape index (κ3) is 4.69. The summed E-state index contributed by atoms with van der Waals surface area (Å²) >= 11 is 0. The van der Waals surface area contributed by atoms with Crippen LogP contribution in [0.15, 0.2) is 57.9 Å². The Balaban J connectivity index is 1.76. The van der Waals surface area contributed by atoms with Gasteiger partial charge in [-0.1, -0.05) is 42.4 Å². The monoisotopic (exact) mass is 413 g/mol. The van der Waals surface area contributed by atoms with Crippen LogP contribution in [0.1, 0.15) is 29.5 Å². The van der Waals surface area contributed by atoms with E-state index in [-0.39, 0.29) is 22.0 Å². The largest absolute Gasteiger partial charge is 0.349 e. The number of anilines is 1. The fraction of sp³-hybridized carbons (Fsp3) is 0.150. The Morgan fingerprint density at radius 2 is 1.76 bits per heavy atom. The molecule has 0 spiro atoms. The van der Waals surface area contributed by atoms with Crippen molar-refractivity contribution >= 4 is 33.6 Å². The molecule has 1 heterocycles. The van der Waals surface area contributed by atoms with Gasteiger partial charge in [-0.15, -0.1) is 0 Å². The van der Waals surface area contributed by atoms with Gasteiger partial charge in [-0.3, -0.25) is 14.8 Å². The van der Waals surface area contributed by atoms with Gasteiger partial charge < -0.3 is 4.52 Å². The average molecular weight is 413 g/mol. The zero-order chi connectivity index (χ0) is 21.0. The second kappa shape index (κ2) is 8.27. The summed E-state index contributed by atoms with van der Waals surface area (Å²) < 4.78 is 32.6. The Labute approximate surface area is 168 Å². The maximum Gasteiger partial charge on any atom is 0.338 e. The van der Waals surface area contributed by atoms with Gasteiger partial charge in [-0.05, 0) is 54.8 Å². The molecule has 1 N–H and O–H groups in total. The topological polar surface area (TPSA) is 115 Å². The van der Waals surface area contributed by atoms with Crippen molar-refractivity contribution in [2.24, 2.45) is 0 Å². The van der Waals surface area contributed by atoms with Gasteiger partial charge in [0.15, 0.2) is 5.69 Å². The molecule has 0 fully saturated rings. The van der Waals surface area contributed by atoms with Crippen LogP contribution in [-0.2, 0) is 16.4 Å². The minimum atomic E-state index is -3.72. The van der Waals surface area contributed by atoms with Crippen LogP contribution in [0.2, 0.25) is 0 Å². The number of benzene rings is 2. The molecule has 0 aliphatic carbocycles. The van der Waals surface area contributed by atoms with Gasteiger partial charge in [-0.2, -0.15) is 0 Å². The molecule has 0 saturated heterocycles. The summed E-state index contributed by atoms with van der Waals surface area (Å²) in [6, 6.07) is 13.3. The molecule has 3 rings (SSSR count). The van der Waals surface area contributed by atoms with Crippen molar-refractivity contribution in [2.45, 2.75) is 25.2 Å². The molecule has 8 nitrogen and oxygen atoms in total. The lowest BCUT2D eigenvalue weighted by atomic mass is 10.2. The highest BCUT2D eigenvalue weighted by atomic mass is 32.2. The number of nitrogens with zero attached hydrogens (tertiary/aromatic N) is 2. The number of aryl methyl sites for hydroxylation is 2. The number of hydrogen-bond donors (Lipinski definition) is 1. The second-order valence-electron chi connectivity index (χ2n) is 6.30. The maximum absolute atomic E-state index is 12.5. The van der Waals surface area contributed by atoms with E-state index in [9.17, 15) is 18.5 Å². The summed E-state index contributed by atoms with van der Waals surface area (Å²) in [5, 5.41) is 14.6. The molecule has 0 aliphatic heterocycles. The zero-order valence-electron chi connectivity index (χ0n) is 15.8. The van der Waals surface area contributed by atoms with E-state index in [0.29, 0.717) is 11.3 Å². The first-order valence-corrected chi connectivity index (χ1v) is 10.3. The summed E-state index contributed by atoms with van der Waals surface area (Å²) in [5.74, 6) is 0.0291. The summed E-state index contributed by atoms with van der Waals surface area (Å²) in [7, 11) is -3.72. The van der Waals surface area contributed by atoms with Gasteiger partial charge >= 0.3 is 5.69 Å². The highest BCUT2D eigenvalue weighted by molar-refractivity contribution is 7.92. The molecule has 2 aromatic carbocycles. The SMILES string of the molecule is CCc1ccc(NS(=O)(=O)c2ccc(/C=C/c3onc(C)c3[N+](=O)[O-])cc2)cc1. The predicted octanol–water partition coefficient (Wildman–Crippen LogP) is 4.42. The normalized spacial score (nSPS) is 11.7. The first-order valence-electron chi connectivity index (χ1n) is 8.80. The quantitative estimate of drug-likeness (QED) is 0.453. The minimum absolute atomic E-state index is 0.0291. The van der Waals surface area contributed by atoms with Crippen molar-refractivity contribution in [3.63, 3.8) is 0 Å². The van der Waals surface area contributed by atoms with Gasteiger partial charge in [-0.25, -0.2) is 8.42 Å². The number of rotatable bonds is 7. The molecular formula is C20H19N3O5S. The van der Waals surface area contributed by atoms with Gasteiger partial charge in [0.1, 0.15) is 0 Å². The Hall–Kier alpha value is -3.46. The Bertz CT molecular complexity index is 1150. The summed E-state index contributed by atoms with van der Waals surface area (Å²) in [5.41, 5.74) is 2.25. The third-order valence-corrected chi connectivity index (χ3v) is 5.67. The summed E-state index contributed by atoms with van der Waals surface area (Å²) in [4.78, 5) is 10.6. The standard InChI is InChI=1S/C20H19N3O5S/c1-3-15-4-9-17(10-5-15)22-29(26,27)18-11-6-16(7-12-18)8-13-19-20(23(24)25)14(2)21-28-19/h4-13,22H,3H2,1-2H3/b13-8+. The highest BCUT2D eigenvalue weighted by Gasteiger charge is 2.22. The van der Waals surface area contributed by atoms with E-state index in [1.54, 1.807) is 30.3 Å². The van der Waals surface area contributed by atoms with E-state index >= 15 is 0 Å². The predicted molar refractivity (Wildman–Crippen MR) is 110 cm³/mol. The lowest BCUT2D eigenvalue weighted by Gasteiger charge is -2.09. The zero-order valence-corrected chi connectivity index (χ0v) is 16.6. The average Bonchev–Trinajstić information content (AvgIpc) is 3.07. The number of aromatic nitrogens is 1. The Morgan fingerprint density at radius 3 is 2.34 bits per heavy atom. The smallest absolute Gasteiger partial charge is 0.338 e. The number of nitrogens with one attached hydrogen (secondary N) is 1. The highest BCUT2D eigenvalue weighted by Crippen LogP contribution is 2.25. The van der Waals surface area contributed by atoms with Crippen molar-refractivity contribution in [1.82, 2.24) is 5.16 Å². The molecule has 0 atom stereocenters. The number of hydrogen-bond acceptors (Lipinski definition) is 6. The summed E-state index contributed by atoms with van der Waals surface area (Å²) in [6.07, 6.45) is 3.88. The van der Waals surface area contributed by atoms with Crippen molar-refractivity contribution < 1.29 is 17.9 Å². The summed E-state index contributed by atoms with van der Waals surface area (Å²) in [6.45, 7) is 3.51. The molecule has 29 heavy (non-hydrogen) atoms. The van der Waals surface area contributed by atoms with Gasteiger partial charge in [0, 0.05) is 5.69 Å². The van der Waals surface area contributed by atoms with E-state index in [1.807, 2.05) is 19.1 Å². The molecular weight excluding hydrogens is 394 g/mol. The molecule has 3 aromatic rings. The molecule has 0 saturated carbocycles. The van der Waals surface area contributed by atoms with E-state index in [1.165, 1.54) is 25.1 Å². The number of sulfonamides is 1. The lowest BCUT2D eigenvalue weighted by molar-refractivity contribution is -0.386. The first kappa shape index (κ1) is 20.3. The Morgan fingerprint density at radius 1 is 1.10 bits per heavy atom. The van der Waals surface area contributed by atoms with Gasteiger partial charge in [0.2, 0.25) is 5.76 Å². The third-order valence-electron chi connectivity index (χ3n) is 4.27. The first-order chi connectivity index (χ1) is 13.8. The second-order valence-corrected chi connectivity index (χ2v) is 7.98. The lowest BCUT2D eigenvalue weighted by Crippen LogP contribution is -2.12. The molecule has 150 valence electrons. The van der Waals surface area contributed by atoms with Crippen LogP contribution in [0.5, 0.6) is 0 Å². The molecule has 0 radical (unpaired) electrons. The van der Waals surface area contributed by atoms with Crippen LogP contribution in [0.4, 0.5) is 11.4 Å². The van der Waals surface area contributed by atoms with Crippen LogP contribution in [-0.4, -0.2) is 18.5 Å². The molecule has 0 amide bonds. The fourth-order valence-corrected chi connectivity index (χ4v) is 3.73. The van der Waals surface area contributed by atoms with Crippen LogP contribution in [0, 0.1) is 17.0 Å². The van der Waals surface area contributed by atoms with Crippen molar-refractivity contribution in [1.29, 1.82) is 0 Å². The van der Waals surface area contributed by atoms with Crippen molar-refractivity contribution in [3.05, 3.63) is 81.2 Å². The molecule has 1 aromatic heterocycles. The fourth-order valence-electron chi connectivity index (χ4n) is 2.67. The van der Waals surface area contributed by atoms with E-state index in [4.69, 9.17) is 4.52 Å². The molecule has 0 unspecified atom stereocenters. The molecule has 0 bridgehead atoms. The molecule has 0 aliphatic rings. The van der Waals surface area contributed by atoms with Crippen LogP contribution >= 0.6 is 0 Å². The van der Waals surface area contributed by atoms with Gasteiger partial charge in [0.25, 0.3) is 10.0 Å². The Kier molecular flexibility index (Phi) is 5.79. The van der Waals surface area contributed by atoms with E-state index in [0.717, 1.165) is 12.0 Å². The maximum atomic E-state index is 12.5. The van der Waals surface area contributed by atoms with E-state index in [2.05, 4.69) is 9.88 Å². The van der Waals surface area contributed by atoms with E-state index < -0.39 is 14.9 Å².